The van der Waals surface area contributed by atoms with Crippen molar-refractivity contribution in [3.8, 4) is 0 Å². The van der Waals surface area contributed by atoms with Gasteiger partial charge in [-0.15, -0.1) is 0 Å². The summed E-state index contributed by atoms with van der Waals surface area (Å²) in [7, 11) is 0. The summed E-state index contributed by atoms with van der Waals surface area (Å²) >= 11 is 0. The number of hydrogen-bond acceptors (Lipinski definition) is 5. The van der Waals surface area contributed by atoms with Gasteiger partial charge >= 0.3 is 0 Å². The van der Waals surface area contributed by atoms with E-state index in [0.29, 0.717) is 24.6 Å². The fourth-order valence-corrected chi connectivity index (χ4v) is 3.70. The zero-order valence-electron chi connectivity index (χ0n) is 18.6. The molecule has 0 aromatic heterocycles. The van der Waals surface area contributed by atoms with Gasteiger partial charge in [-0.3, -0.25) is 24.6 Å². The third-order valence-electron chi connectivity index (χ3n) is 5.74. The van der Waals surface area contributed by atoms with Crippen molar-refractivity contribution in [2.24, 2.45) is 0 Å². The smallest absolute Gasteiger partial charge is 0.269 e. The van der Waals surface area contributed by atoms with Crippen molar-refractivity contribution in [3.63, 3.8) is 0 Å². The molecule has 2 aromatic rings. The molecule has 8 nitrogen and oxygen atoms in total. The van der Waals surface area contributed by atoms with Gasteiger partial charge in [-0.2, -0.15) is 0 Å². The minimum atomic E-state index is -0.511. The molecule has 2 amide bonds. The van der Waals surface area contributed by atoms with Gasteiger partial charge in [0.15, 0.2) is 0 Å². The summed E-state index contributed by atoms with van der Waals surface area (Å²) in [5.74, 6) is 0.202. The second kappa shape index (κ2) is 10.9. The van der Waals surface area contributed by atoms with Gasteiger partial charge in [-0.1, -0.05) is 38.1 Å². The number of nitro groups is 1. The van der Waals surface area contributed by atoms with Gasteiger partial charge in [-0.25, -0.2) is 0 Å². The van der Waals surface area contributed by atoms with Gasteiger partial charge in [0.2, 0.25) is 5.91 Å². The van der Waals surface area contributed by atoms with Crippen LogP contribution < -0.4 is 5.32 Å². The fourth-order valence-electron chi connectivity index (χ4n) is 3.70. The minimum absolute atomic E-state index is 0.0231. The molecule has 1 aliphatic heterocycles. The maximum atomic E-state index is 12.5. The predicted molar refractivity (Wildman–Crippen MR) is 122 cm³/mol. The third-order valence-corrected chi connectivity index (χ3v) is 5.74. The van der Waals surface area contributed by atoms with Crippen LogP contribution in [0.25, 0.3) is 0 Å². The van der Waals surface area contributed by atoms with Crippen molar-refractivity contribution in [1.82, 2.24) is 15.1 Å². The summed E-state index contributed by atoms with van der Waals surface area (Å²) in [6.45, 7) is 8.50. The normalized spacial score (nSPS) is 14.4. The standard InChI is InChI=1S/C24H30N4O4/c1-18(2)20-5-3-19(4-6-20)17-26-13-15-27(16-14-26)23(29)11-12-25-24(30)21-7-9-22(10-8-21)28(31)32/h3-10,18H,11-17H2,1-2H3,(H,25,30). The van der Waals surface area contributed by atoms with Crippen LogP contribution in [0.4, 0.5) is 5.69 Å². The number of nitrogens with one attached hydrogen (secondary N) is 1. The second-order valence-corrected chi connectivity index (χ2v) is 8.36. The molecule has 1 N–H and O–H groups in total. The van der Waals surface area contributed by atoms with Gasteiger partial charge in [-0.05, 0) is 29.2 Å². The topological polar surface area (TPSA) is 95.8 Å². The quantitative estimate of drug-likeness (QED) is 0.504. The summed E-state index contributed by atoms with van der Waals surface area (Å²) in [5, 5.41) is 13.4. The summed E-state index contributed by atoms with van der Waals surface area (Å²) < 4.78 is 0. The molecule has 0 atom stereocenters. The zero-order valence-corrected chi connectivity index (χ0v) is 18.6. The first-order valence-electron chi connectivity index (χ1n) is 10.9. The van der Waals surface area contributed by atoms with Crippen LogP contribution in [0.2, 0.25) is 0 Å². The summed E-state index contributed by atoms with van der Waals surface area (Å²) in [4.78, 5) is 39.0. The van der Waals surface area contributed by atoms with E-state index >= 15 is 0 Å². The van der Waals surface area contributed by atoms with Crippen molar-refractivity contribution >= 4 is 17.5 Å². The first-order chi connectivity index (χ1) is 15.3. The Morgan fingerprint density at radius 2 is 1.62 bits per heavy atom. The number of rotatable bonds is 8. The van der Waals surface area contributed by atoms with Gasteiger partial charge in [0.1, 0.15) is 0 Å². The average molecular weight is 439 g/mol. The van der Waals surface area contributed by atoms with Crippen molar-refractivity contribution in [2.75, 3.05) is 32.7 Å². The SMILES string of the molecule is CC(C)c1ccc(CN2CCN(C(=O)CCNC(=O)c3ccc([N+](=O)[O-])cc3)CC2)cc1. The lowest BCUT2D eigenvalue weighted by atomic mass is 10.0. The lowest BCUT2D eigenvalue weighted by Gasteiger charge is -2.35. The van der Waals surface area contributed by atoms with Gasteiger partial charge in [0, 0.05) is 63.4 Å². The number of carbonyl (C=O) groups excluding carboxylic acids is 2. The van der Waals surface area contributed by atoms with Crippen LogP contribution in [0.15, 0.2) is 48.5 Å². The Kier molecular flexibility index (Phi) is 7.94. The van der Waals surface area contributed by atoms with Crippen LogP contribution in [0.1, 0.15) is 47.7 Å². The highest BCUT2D eigenvalue weighted by atomic mass is 16.6. The summed E-state index contributed by atoms with van der Waals surface area (Å²) in [6, 6.07) is 14.1. The number of hydrogen-bond donors (Lipinski definition) is 1. The molecule has 0 unspecified atom stereocenters. The van der Waals surface area contributed by atoms with E-state index in [1.165, 1.54) is 35.4 Å². The molecule has 2 aromatic carbocycles. The van der Waals surface area contributed by atoms with E-state index in [9.17, 15) is 19.7 Å². The van der Waals surface area contributed by atoms with Crippen molar-refractivity contribution in [1.29, 1.82) is 0 Å². The highest BCUT2D eigenvalue weighted by molar-refractivity contribution is 5.94. The lowest BCUT2D eigenvalue weighted by molar-refractivity contribution is -0.384. The molecule has 0 aliphatic carbocycles. The van der Waals surface area contributed by atoms with E-state index in [4.69, 9.17) is 0 Å². The summed E-state index contributed by atoms with van der Waals surface area (Å²) in [5.41, 5.74) is 2.88. The van der Waals surface area contributed by atoms with Gasteiger partial charge < -0.3 is 10.2 Å². The van der Waals surface area contributed by atoms with Crippen molar-refractivity contribution in [3.05, 3.63) is 75.3 Å². The van der Waals surface area contributed by atoms with Crippen LogP contribution in [-0.2, 0) is 11.3 Å². The average Bonchev–Trinajstić information content (AvgIpc) is 2.79. The monoisotopic (exact) mass is 438 g/mol. The lowest BCUT2D eigenvalue weighted by Crippen LogP contribution is -2.48. The Labute approximate surface area is 188 Å². The number of piperazine rings is 1. The Balaban J connectivity index is 1.37. The molecule has 8 heteroatoms. The van der Waals surface area contributed by atoms with Crippen LogP contribution in [0.3, 0.4) is 0 Å². The maximum Gasteiger partial charge on any atom is 0.269 e. The molecule has 32 heavy (non-hydrogen) atoms. The number of nitro benzene ring substituents is 1. The molecular weight excluding hydrogens is 408 g/mol. The highest BCUT2D eigenvalue weighted by Crippen LogP contribution is 2.16. The van der Waals surface area contributed by atoms with Gasteiger partial charge in [0.25, 0.3) is 11.6 Å². The predicted octanol–water partition coefficient (Wildman–Crippen LogP) is 3.18. The Morgan fingerprint density at radius 3 is 2.19 bits per heavy atom. The molecule has 0 saturated carbocycles. The molecule has 1 fully saturated rings. The van der Waals surface area contributed by atoms with Crippen LogP contribution in [-0.4, -0.2) is 59.3 Å². The number of carbonyl (C=O) groups is 2. The van der Waals surface area contributed by atoms with E-state index in [-0.39, 0.29) is 30.5 Å². The Hall–Kier alpha value is -3.26. The zero-order chi connectivity index (χ0) is 23.1. The number of amides is 2. The largest absolute Gasteiger partial charge is 0.352 e. The fraction of sp³-hybridized carbons (Fsp3) is 0.417. The van der Waals surface area contributed by atoms with Crippen molar-refractivity contribution in [2.45, 2.75) is 32.7 Å². The first kappa shape index (κ1) is 23.4. The maximum absolute atomic E-state index is 12.5. The Bertz CT molecular complexity index is 933. The summed E-state index contributed by atoms with van der Waals surface area (Å²) in [6.07, 6.45) is 0.232. The second-order valence-electron chi connectivity index (χ2n) is 8.36. The minimum Gasteiger partial charge on any atom is -0.352 e. The molecule has 3 rings (SSSR count). The molecular formula is C24H30N4O4. The number of benzene rings is 2. The van der Waals surface area contributed by atoms with E-state index in [0.717, 1.165) is 19.6 Å². The van der Waals surface area contributed by atoms with Gasteiger partial charge in [0.05, 0.1) is 4.92 Å². The number of non-ortho nitro benzene ring substituents is 1. The van der Waals surface area contributed by atoms with Crippen molar-refractivity contribution < 1.29 is 14.5 Å². The molecule has 1 saturated heterocycles. The van der Waals surface area contributed by atoms with E-state index < -0.39 is 4.92 Å². The molecule has 0 radical (unpaired) electrons. The molecule has 1 aliphatic rings. The first-order valence-corrected chi connectivity index (χ1v) is 10.9. The van der Waals surface area contributed by atoms with Crippen LogP contribution in [0, 0.1) is 10.1 Å². The number of nitrogens with zero attached hydrogens (tertiary/aromatic N) is 3. The van der Waals surface area contributed by atoms with Crippen LogP contribution >= 0.6 is 0 Å². The Morgan fingerprint density at radius 1 is 1.00 bits per heavy atom. The molecule has 0 bridgehead atoms. The van der Waals surface area contributed by atoms with E-state index in [1.54, 1.807) is 0 Å². The molecule has 0 spiro atoms. The molecule has 170 valence electrons. The molecule has 1 heterocycles. The van der Waals surface area contributed by atoms with E-state index in [1.807, 2.05) is 4.90 Å². The highest BCUT2D eigenvalue weighted by Gasteiger charge is 2.21. The third kappa shape index (κ3) is 6.37. The van der Waals surface area contributed by atoms with Crippen LogP contribution in [0.5, 0.6) is 0 Å². The van der Waals surface area contributed by atoms with E-state index in [2.05, 4.69) is 48.3 Å².